The van der Waals surface area contributed by atoms with Crippen molar-refractivity contribution in [2.75, 3.05) is 11.5 Å². The van der Waals surface area contributed by atoms with Crippen LogP contribution in [0.5, 0.6) is 11.5 Å². The largest absolute Gasteiger partial charge is 0.507 e. The second kappa shape index (κ2) is 8.86. The van der Waals surface area contributed by atoms with Gasteiger partial charge in [-0.1, -0.05) is 19.9 Å². The average molecular weight is 447 g/mol. The number of aryl methyl sites for hydroxylation is 1. The van der Waals surface area contributed by atoms with Gasteiger partial charge in [0.05, 0.1) is 24.1 Å². The lowest BCUT2D eigenvalue weighted by Crippen LogP contribution is -2.29. The molecule has 2 heterocycles. The molecular weight excluding hydrogens is 422 g/mol. The van der Waals surface area contributed by atoms with Gasteiger partial charge in [0.25, 0.3) is 11.7 Å². The number of phenolic OH excluding ortho intramolecular Hbond substituents is 1. The van der Waals surface area contributed by atoms with Crippen LogP contribution in [0.3, 0.4) is 0 Å². The number of ether oxygens (including phenoxy) is 1. The molecule has 1 atom stereocenters. The number of phenols is 1. The van der Waals surface area contributed by atoms with Crippen LogP contribution in [0.4, 0.5) is 5.69 Å². The molecule has 0 aliphatic carbocycles. The summed E-state index contributed by atoms with van der Waals surface area (Å²) in [5.74, 6) is -0.946. The minimum absolute atomic E-state index is 0.119. The lowest BCUT2D eigenvalue weighted by atomic mass is 9.99. The first kappa shape index (κ1) is 22.2. The summed E-state index contributed by atoms with van der Waals surface area (Å²) < 4.78 is 11.2. The summed E-state index contributed by atoms with van der Waals surface area (Å²) in [5, 5.41) is 21.6. The first-order chi connectivity index (χ1) is 15.8. The van der Waals surface area contributed by atoms with E-state index in [2.05, 4.69) is 0 Å². The number of hydrogen-bond acceptors (Lipinski definition) is 6. The maximum atomic E-state index is 13.1. The molecule has 4 rings (SSSR count). The maximum Gasteiger partial charge on any atom is 0.300 e. The van der Waals surface area contributed by atoms with Gasteiger partial charge in [-0.25, -0.2) is 0 Å². The number of carbonyl (C=O) groups excluding carboxylic acids is 2. The van der Waals surface area contributed by atoms with Crippen molar-refractivity contribution >= 4 is 23.1 Å². The molecule has 7 heteroatoms. The number of nitrogens with zero attached hydrogens (tertiary/aromatic N) is 1. The van der Waals surface area contributed by atoms with Gasteiger partial charge in [0, 0.05) is 5.56 Å². The molecule has 1 aromatic heterocycles. The standard InChI is InChI=1S/C26H25NO6/c1-15(2)14-33-18-9-7-17(8-10-18)24(29)22-23(21-5-4-12-32-21)27(26(31)25(22)30)19-13-16(3)6-11-20(19)28/h4-13,15,23,28-29H,14H2,1-3H3/b24-22-. The zero-order chi connectivity index (χ0) is 23.7. The number of carbonyl (C=O) groups is 2. The van der Waals surface area contributed by atoms with E-state index in [1.165, 1.54) is 12.3 Å². The Hall–Kier alpha value is -4.00. The zero-order valence-electron chi connectivity index (χ0n) is 18.6. The summed E-state index contributed by atoms with van der Waals surface area (Å²) in [5.41, 5.74) is 1.19. The molecule has 1 amide bonds. The van der Waals surface area contributed by atoms with E-state index in [1.807, 2.05) is 20.8 Å². The topological polar surface area (TPSA) is 100 Å². The minimum atomic E-state index is -1.04. The minimum Gasteiger partial charge on any atom is -0.507 e. The number of furan rings is 1. The quantitative estimate of drug-likeness (QED) is 0.315. The number of aliphatic hydroxyl groups is 1. The molecule has 1 unspecified atom stereocenters. The van der Waals surface area contributed by atoms with Crippen LogP contribution in [0, 0.1) is 12.8 Å². The van der Waals surface area contributed by atoms with E-state index in [1.54, 1.807) is 48.5 Å². The molecule has 33 heavy (non-hydrogen) atoms. The molecule has 7 nitrogen and oxygen atoms in total. The number of aliphatic hydroxyl groups excluding tert-OH is 1. The fourth-order valence-corrected chi connectivity index (χ4v) is 3.75. The van der Waals surface area contributed by atoms with Crippen LogP contribution in [0.2, 0.25) is 0 Å². The number of benzene rings is 2. The molecular formula is C26H25NO6. The molecule has 0 saturated carbocycles. The third kappa shape index (κ3) is 4.22. The van der Waals surface area contributed by atoms with Crippen molar-refractivity contribution in [3.8, 4) is 11.5 Å². The Balaban J connectivity index is 1.81. The van der Waals surface area contributed by atoms with Crippen LogP contribution in [0.15, 0.2) is 70.9 Å². The van der Waals surface area contributed by atoms with Crippen molar-refractivity contribution < 1.29 is 29.0 Å². The second-order valence-corrected chi connectivity index (χ2v) is 8.41. The van der Waals surface area contributed by atoms with Crippen molar-refractivity contribution in [2.45, 2.75) is 26.8 Å². The van der Waals surface area contributed by atoms with Crippen molar-refractivity contribution in [3.63, 3.8) is 0 Å². The first-order valence-corrected chi connectivity index (χ1v) is 10.6. The van der Waals surface area contributed by atoms with Crippen molar-refractivity contribution in [2.24, 2.45) is 5.92 Å². The normalized spacial score (nSPS) is 17.7. The van der Waals surface area contributed by atoms with Gasteiger partial charge in [0.2, 0.25) is 0 Å². The lowest BCUT2D eigenvalue weighted by Gasteiger charge is -2.24. The zero-order valence-corrected chi connectivity index (χ0v) is 18.6. The maximum absolute atomic E-state index is 13.1. The summed E-state index contributed by atoms with van der Waals surface area (Å²) in [7, 11) is 0. The fourth-order valence-electron chi connectivity index (χ4n) is 3.75. The summed E-state index contributed by atoms with van der Waals surface area (Å²) in [4.78, 5) is 27.3. The van der Waals surface area contributed by atoms with Gasteiger partial charge in [-0.3, -0.25) is 14.5 Å². The van der Waals surface area contributed by atoms with Gasteiger partial charge in [-0.05, 0) is 66.9 Å². The molecule has 1 saturated heterocycles. The summed E-state index contributed by atoms with van der Waals surface area (Å²) >= 11 is 0. The van der Waals surface area contributed by atoms with Crippen LogP contribution in [0.25, 0.3) is 5.76 Å². The summed E-state index contributed by atoms with van der Waals surface area (Å²) in [6.07, 6.45) is 1.42. The van der Waals surface area contributed by atoms with E-state index >= 15 is 0 Å². The Labute approximate surface area is 191 Å². The second-order valence-electron chi connectivity index (χ2n) is 8.41. The highest BCUT2D eigenvalue weighted by molar-refractivity contribution is 6.51. The predicted molar refractivity (Wildman–Crippen MR) is 123 cm³/mol. The smallest absolute Gasteiger partial charge is 0.300 e. The number of Topliss-reactive ketones (excluding diaryl/α,β-unsaturated/α-hetero) is 1. The molecule has 0 bridgehead atoms. The predicted octanol–water partition coefficient (Wildman–Crippen LogP) is 4.95. The number of hydrogen-bond donors (Lipinski definition) is 2. The van der Waals surface area contributed by atoms with Crippen LogP contribution >= 0.6 is 0 Å². The molecule has 170 valence electrons. The number of aromatic hydroxyl groups is 1. The molecule has 1 aliphatic heterocycles. The Kier molecular flexibility index (Phi) is 5.96. The van der Waals surface area contributed by atoms with Crippen LogP contribution in [-0.2, 0) is 9.59 Å². The Bertz CT molecular complexity index is 1210. The SMILES string of the molecule is Cc1ccc(O)c(N2C(=O)C(=O)/C(=C(\O)c3ccc(OCC(C)C)cc3)C2c2ccco2)c1. The van der Waals surface area contributed by atoms with Crippen molar-refractivity contribution in [3.05, 3.63) is 83.3 Å². The third-order valence-electron chi connectivity index (χ3n) is 5.36. The van der Waals surface area contributed by atoms with Crippen LogP contribution in [-0.4, -0.2) is 28.5 Å². The van der Waals surface area contributed by atoms with Gasteiger partial charge in [-0.15, -0.1) is 0 Å². The highest BCUT2D eigenvalue weighted by Gasteiger charge is 2.49. The van der Waals surface area contributed by atoms with Gasteiger partial charge >= 0.3 is 0 Å². The Morgan fingerprint density at radius 2 is 1.85 bits per heavy atom. The van der Waals surface area contributed by atoms with E-state index < -0.39 is 17.7 Å². The monoisotopic (exact) mass is 447 g/mol. The van der Waals surface area contributed by atoms with E-state index in [9.17, 15) is 19.8 Å². The molecule has 1 fully saturated rings. The van der Waals surface area contributed by atoms with E-state index in [4.69, 9.17) is 9.15 Å². The van der Waals surface area contributed by atoms with E-state index in [-0.39, 0.29) is 28.5 Å². The van der Waals surface area contributed by atoms with Gasteiger partial charge in [0.15, 0.2) is 0 Å². The summed E-state index contributed by atoms with van der Waals surface area (Å²) in [6.45, 7) is 6.44. The van der Waals surface area contributed by atoms with Gasteiger partial charge in [0.1, 0.15) is 29.1 Å². The Morgan fingerprint density at radius 1 is 1.12 bits per heavy atom. The molecule has 2 N–H and O–H groups in total. The lowest BCUT2D eigenvalue weighted by molar-refractivity contribution is -0.132. The molecule has 0 spiro atoms. The number of anilines is 1. The Morgan fingerprint density at radius 3 is 2.48 bits per heavy atom. The fraction of sp³-hybridized carbons (Fsp3) is 0.231. The first-order valence-electron chi connectivity index (χ1n) is 10.6. The number of ketones is 1. The molecule has 3 aromatic rings. The molecule has 2 aromatic carbocycles. The third-order valence-corrected chi connectivity index (χ3v) is 5.36. The van der Waals surface area contributed by atoms with Crippen molar-refractivity contribution in [1.29, 1.82) is 0 Å². The molecule has 1 aliphatic rings. The van der Waals surface area contributed by atoms with Gasteiger partial charge < -0.3 is 19.4 Å². The number of rotatable bonds is 6. The summed E-state index contributed by atoms with van der Waals surface area (Å²) in [6, 6.07) is 13.6. The van der Waals surface area contributed by atoms with Crippen LogP contribution in [0.1, 0.15) is 36.8 Å². The average Bonchev–Trinajstić information content (AvgIpc) is 3.41. The van der Waals surface area contributed by atoms with E-state index in [0.29, 0.717) is 23.8 Å². The van der Waals surface area contributed by atoms with Crippen molar-refractivity contribution in [1.82, 2.24) is 0 Å². The molecule has 0 radical (unpaired) electrons. The highest BCUT2D eigenvalue weighted by Crippen LogP contribution is 2.45. The van der Waals surface area contributed by atoms with Crippen LogP contribution < -0.4 is 9.64 Å². The van der Waals surface area contributed by atoms with E-state index in [0.717, 1.165) is 10.5 Å². The van der Waals surface area contributed by atoms with Gasteiger partial charge in [-0.2, -0.15) is 0 Å². The number of amides is 1. The highest BCUT2D eigenvalue weighted by atomic mass is 16.5.